The predicted molar refractivity (Wildman–Crippen MR) is 111 cm³/mol. The fraction of sp³-hybridized carbons (Fsp3) is 0.200. The summed E-state index contributed by atoms with van der Waals surface area (Å²) >= 11 is 0. The van der Waals surface area contributed by atoms with Crippen LogP contribution in [0.25, 0.3) is 22.4 Å². The number of carbonyl (C=O) groups is 1. The van der Waals surface area contributed by atoms with Crippen molar-refractivity contribution in [3.05, 3.63) is 69.3 Å². The van der Waals surface area contributed by atoms with Gasteiger partial charge in [0.15, 0.2) is 5.82 Å². The van der Waals surface area contributed by atoms with Gasteiger partial charge < -0.3 is 9.88 Å². The fourth-order valence-corrected chi connectivity index (χ4v) is 3.24. The Morgan fingerprint density at radius 3 is 2.70 bits per heavy atom. The van der Waals surface area contributed by atoms with E-state index in [1.165, 1.54) is 30.9 Å². The number of nitrogens with one attached hydrogen (secondary N) is 1. The van der Waals surface area contributed by atoms with Crippen molar-refractivity contribution in [2.45, 2.75) is 13.5 Å². The standard InChI is InChI=1S/C20H19N7O3/c1-4-27-11-22-24-16(27)12-6-5-7-14(8-12)23-18(28)13-9-15-17(21-10-13)25(2)20(30)26(3)19(15)29/h5-11H,4H2,1-3H3,(H,23,28). The van der Waals surface area contributed by atoms with Gasteiger partial charge in [0.25, 0.3) is 11.5 Å². The molecule has 30 heavy (non-hydrogen) atoms. The van der Waals surface area contributed by atoms with Gasteiger partial charge in [-0.1, -0.05) is 12.1 Å². The number of fused-ring (bicyclic) bond motifs is 1. The summed E-state index contributed by atoms with van der Waals surface area (Å²) in [7, 11) is 2.91. The first-order valence-electron chi connectivity index (χ1n) is 9.26. The van der Waals surface area contributed by atoms with Crippen molar-refractivity contribution in [3.63, 3.8) is 0 Å². The van der Waals surface area contributed by atoms with Gasteiger partial charge in [-0.3, -0.25) is 18.7 Å². The normalized spacial score (nSPS) is 11.0. The van der Waals surface area contributed by atoms with Gasteiger partial charge in [-0.15, -0.1) is 10.2 Å². The highest BCUT2D eigenvalue weighted by Crippen LogP contribution is 2.21. The Morgan fingerprint density at radius 1 is 1.13 bits per heavy atom. The van der Waals surface area contributed by atoms with Gasteiger partial charge >= 0.3 is 5.69 Å². The molecule has 0 bridgehead atoms. The van der Waals surface area contributed by atoms with Crippen molar-refractivity contribution in [2.75, 3.05) is 5.32 Å². The number of aromatic nitrogens is 6. The van der Waals surface area contributed by atoms with E-state index in [0.717, 1.165) is 16.7 Å². The lowest BCUT2D eigenvalue weighted by Gasteiger charge is -2.10. The average Bonchev–Trinajstić information content (AvgIpc) is 3.25. The van der Waals surface area contributed by atoms with Crippen molar-refractivity contribution in [3.8, 4) is 11.4 Å². The van der Waals surface area contributed by atoms with E-state index in [9.17, 15) is 14.4 Å². The molecule has 0 aliphatic rings. The SMILES string of the molecule is CCn1cnnc1-c1cccc(NC(=O)c2cnc3c(c2)c(=O)n(C)c(=O)n3C)c1. The molecule has 0 spiro atoms. The van der Waals surface area contributed by atoms with E-state index in [0.29, 0.717) is 11.5 Å². The van der Waals surface area contributed by atoms with Crippen molar-refractivity contribution in [1.82, 2.24) is 28.9 Å². The summed E-state index contributed by atoms with van der Waals surface area (Å²) in [5.74, 6) is 0.278. The zero-order chi connectivity index (χ0) is 21.4. The molecule has 0 unspecified atom stereocenters. The van der Waals surface area contributed by atoms with Gasteiger partial charge in [-0.25, -0.2) is 9.78 Å². The highest BCUT2D eigenvalue weighted by Gasteiger charge is 2.14. The molecule has 0 radical (unpaired) electrons. The summed E-state index contributed by atoms with van der Waals surface area (Å²) < 4.78 is 4.15. The average molecular weight is 405 g/mol. The molecule has 0 aliphatic heterocycles. The van der Waals surface area contributed by atoms with E-state index < -0.39 is 17.2 Å². The molecule has 3 heterocycles. The number of hydrogen-bond donors (Lipinski definition) is 1. The third-order valence-electron chi connectivity index (χ3n) is 4.89. The van der Waals surface area contributed by atoms with Crippen LogP contribution in [0.4, 0.5) is 5.69 Å². The van der Waals surface area contributed by atoms with Gasteiger partial charge in [0, 0.05) is 38.1 Å². The predicted octanol–water partition coefficient (Wildman–Crippen LogP) is 1.16. The van der Waals surface area contributed by atoms with Gasteiger partial charge in [-0.05, 0) is 25.1 Å². The highest BCUT2D eigenvalue weighted by molar-refractivity contribution is 6.05. The molecule has 0 fully saturated rings. The van der Waals surface area contributed by atoms with Crippen LogP contribution in [0.3, 0.4) is 0 Å². The third kappa shape index (κ3) is 3.17. The quantitative estimate of drug-likeness (QED) is 0.545. The molecule has 0 saturated carbocycles. The number of aryl methyl sites for hydroxylation is 2. The summed E-state index contributed by atoms with van der Waals surface area (Å²) in [5.41, 5.74) is 0.829. The maximum atomic E-state index is 12.8. The number of carbonyl (C=O) groups excluding carboxylic acids is 1. The summed E-state index contributed by atoms with van der Waals surface area (Å²) in [4.78, 5) is 41.4. The monoisotopic (exact) mass is 405 g/mol. The minimum Gasteiger partial charge on any atom is -0.322 e. The first kappa shape index (κ1) is 19.2. The molecule has 3 aromatic heterocycles. The van der Waals surface area contributed by atoms with Crippen LogP contribution in [0.15, 0.2) is 52.4 Å². The number of amides is 1. The summed E-state index contributed by atoms with van der Waals surface area (Å²) in [6.45, 7) is 2.71. The number of benzene rings is 1. The molecule has 10 nitrogen and oxygen atoms in total. The lowest BCUT2D eigenvalue weighted by atomic mass is 10.1. The molecule has 1 amide bonds. The Labute approximate surface area is 170 Å². The Hall–Kier alpha value is -4.08. The molecule has 0 atom stereocenters. The smallest absolute Gasteiger partial charge is 0.322 e. The van der Waals surface area contributed by atoms with Crippen LogP contribution in [-0.4, -0.2) is 34.8 Å². The van der Waals surface area contributed by atoms with Crippen LogP contribution in [0, 0.1) is 0 Å². The Bertz CT molecular complexity index is 1400. The second-order valence-electron chi connectivity index (χ2n) is 6.78. The van der Waals surface area contributed by atoms with Crippen LogP contribution in [0.2, 0.25) is 0 Å². The Kier molecular flexibility index (Phi) is 4.74. The Morgan fingerprint density at radius 2 is 1.93 bits per heavy atom. The van der Waals surface area contributed by atoms with Crippen LogP contribution in [0.1, 0.15) is 17.3 Å². The van der Waals surface area contributed by atoms with Crippen molar-refractivity contribution < 1.29 is 4.79 Å². The molecule has 4 aromatic rings. The fourth-order valence-electron chi connectivity index (χ4n) is 3.24. The second kappa shape index (κ2) is 7.39. The minimum absolute atomic E-state index is 0.192. The van der Waals surface area contributed by atoms with Crippen molar-refractivity contribution >= 4 is 22.6 Å². The maximum absolute atomic E-state index is 12.8. The van der Waals surface area contributed by atoms with Gasteiger partial charge in [0.2, 0.25) is 0 Å². The van der Waals surface area contributed by atoms with E-state index in [2.05, 4.69) is 20.5 Å². The first-order valence-corrected chi connectivity index (χ1v) is 9.26. The summed E-state index contributed by atoms with van der Waals surface area (Å²) in [6, 6.07) is 8.69. The molecular formula is C20H19N7O3. The second-order valence-corrected chi connectivity index (χ2v) is 6.78. The van der Waals surface area contributed by atoms with Crippen molar-refractivity contribution in [2.24, 2.45) is 14.1 Å². The molecule has 4 rings (SSSR count). The van der Waals surface area contributed by atoms with Gasteiger partial charge in [0.1, 0.15) is 12.0 Å². The van der Waals surface area contributed by atoms with Crippen LogP contribution >= 0.6 is 0 Å². The number of pyridine rings is 1. The van der Waals surface area contributed by atoms with E-state index in [1.54, 1.807) is 18.5 Å². The topological polar surface area (TPSA) is 117 Å². The zero-order valence-electron chi connectivity index (χ0n) is 16.7. The van der Waals surface area contributed by atoms with Gasteiger partial charge in [0.05, 0.1) is 10.9 Å². The van der Waals surface area contributed by atoms with E-state index in [-0.39, 0.29) is 16.6 Å². The van der Waals surface area contributed by atoms with Crippen LogP contribution in [-0.2, 0) is 20.6 Å². The molecule has 0 saturated heterocycles. The zero-order valence-corrected chi connectivity index (χ0v) is 16.7. The third-order valence-corrected chi connectivity index (χ3v) is 4.89. The largest absolute Gasteiger partial charge is 0.332 e. The molecule has 1 N–H and O–H groups in total. The molecule has 152 valence electrons. The number of rotatable bonds is 4. The van der Waals surface area contributed by atoms with Crippen LogP contribution < -0.4 is 16.6 Å². The van der Waals surface area contributed by atoms with Gasteiger partial charge in [-0.2, -0.15) is 0 Å². The number of hydrogen-bond acceptors (Lipinski definition) is 6. The van der Waals surface area contributed by atoms with E-state index in [1.807, 2.05) is 23.6 Å². The summed E-state index contributed by atoms with van der Waals surface area (Å²) in [6.07, 6.45) is 2.99. The van der Waals surface area contributed by atoms with Crippen LogP contribution in [0.5, 0.6) is 0 Å². The molecular weight excluding hydrogens is 386 g/mol. The number of anilines is 1. The first-order chi connectivity index (χ1) is 14.4. The molecule has 0 aliphatic carbocycles. The Balaban J connectivity index is 1.68. The summed E-state index contributed by atoms with van der Waals surface area (Å²) in [5, 5.41) is 11.1. The van der Waals surface area contributed by atoms with E-state index >= 15 is 0 Å². The lowest BCUT2D eigenvalue weighted by Crippen LogP contribution is -2.37. The molecule has 10 heteroatoms. The van der Waals surface area contributed by atoms with Crippen molar-refractivity contribution in [1.29, 1.82) is 0 Å². The maximum Gasteiger partial charge on any atom is 0.332 e. The highest BCUT2D eigenvalue weighted by atomic mass is 16.2. The lowest BCUT2D eigenvalue weighted by molar-refractivity contribution is 0.102. The molecule has 1 aromatic carbocycles. The minimum atomic E-state index is -0.504. The number of nitrogens with zero attached hydrogens (tertiary/aromatic N) is 6. The van der Waals surface area contributed by atoms with E-state index in [4.69, 9.17) is 0 Å².